The Morgan fingerprint density at radius 3 is 2.78 bits per heavy atom. The van der Waals surface area contributed by atoms with Crippen LogP contribution in [0.5, 0.6) is 0 Å². The third-order valence-electron chi connectivity index (χ3n) is 2.41. The normalized spacial score (nSPS) is 14.3. The van der Waals surface area contributed by atoms with Gasteiger partial charge in [-0.3, -0.25) is 4.78 Å². The van der Waals surface area contributed by atoms with Crippen molar-refractivity contribution >= 4 is 37.1 Å². The van der Waals surface area contributed by atoms with Crippen LogP contribution in [0.15, 0.2) is 24.3 Å². The predicted molar refractivity (Wildman–Crippen MR) is 73.7 cm³/mol. The summed E-state index contributed by atoms with van der Waals surface area (Å²) in [4.78, 5) is 12.0. The second kappa shape index (κ2) is 4.70. The predicted octanol–water partition coefficient (Wildman–Crippen LogP) is 2.86. The molecular formula is C12H13NO3S2. The Bertz CT molecular complexity index is 701. The summed E-state index contributed by atoms with van der Waals surface area (Å²) in [5.41, 5.74) is 0.846. The van der Waals surface area contributed by atoms with Gasteiger partial charge in [-0.05, 0) is 29.1 Å². The van der Waals surface area contributed by atoms with E-state index in [0.29, 0.717) is 4.88 Å². The molecule has 1 aromatic carbocycles. The lowest BCUT2D eigenvalue weighted by Gasteiger charge is -2.01. The van der Waals surface area contributed by atoms with Crippen molar-refractivity contribution in [1.82, 2.24) is 0 Å². The van der Waals surface area contributed by atoms with E-state index in [9.17, 15) is 9.00 Å². The summed E-state index contributed by atoms with van der Waals surface area (Å²) in [7, 11) is -1.20. The molecule has 0 spiro atoms. The number of carbonyl (C=O) groups is 1. The van der Waals surface area contributed by atoms with E-state index < -0.39 is 9.73 Å². The fraction of sp³-hybridized carbons (Fsp3) is 0.250. The number of rotatable bonds is 3. The standard InChI is InChI=1S/C12H13NO3S2/c1-16-12(14)11-6-9-5-8(7-18(2,13)15)3-4-10(9)17-11/h3-6,13H,7H2,1-2H3. The monoisotopic (exact) mass is 283 g/mol. The summed E-state index contributed by atoms with van der Waals surface area (Å²) in [6.07, 6.45) is 1.42. The molecule has 0 aliphatic rings. The van der Waals surface area contributed by atoms with Gasteiger partial charge in [0.2, 0.25) is 0 Å². The fourth-order valence-corrected chi connectivity index (χ4v) is 3.48. The van der Waals surface area contributed by atoms with Gasteiger partial charge in [0.15, 0.2) is 0 Å². The third kappa shape index (κ3) is 2.88. The molecule has 1 aromatic heterocycles. The number of benzene rings is 1. The van der Waals surface area contributed by atoms with E-state index >= 15 is 0 Å². The van der Waals surface area contributed by atoms with Crippen LogP contribution in [0.2, 0.25) is 0 Å². The second-order valence-corrected chi connectivity index (χ2v) is 7.51. The second-order valence-electron chi connectivity index (χ2n) is 4.12. The zero-order valence-corrected chi connectivity index (χ0v) is 11.7. The van der Waals surface area contributed by atoms with Crippen LogP contribution in [0, 0.1) is 4.78 Å². The minimum atomic E-state index is -2.55. The van der Waals surface area contributed by atoms with Crippen molar-refractivity contribution in [2.45, 2.75) is 5.75 Å². The van der Waals surface area contributed by atoms with Gasteiger partial charge < -0.3 is 4.74 Å². The lowest BCUT2D eigenvalue weighted by atomic mass is 10.2. The smallest absolute Gasteiger partial charge is 0.348 e. The van der Waals surface area contributed by atoms with Gasteiger partial charge in [-0.2, -0.15) is 0 Å². The fourth-order valence-electron chi connectivity index (χ4n) is 1.70. The Morgan fingerprint density at radius 1 is 1.44 bits per heavy atom. The number of methoxy groups -OCH3 is 1. The number of fused-ring (bicyclic) bond motifs is 1. The van der Waals surface area contributed by atoms with Crippen molar-refractivity contribution in [3.8, 4) is 0 Å². The van der Waals surface area contributed by atoms with E-state index in [4.69, 9.17) is 4.78 Å². The molecule has 0 aliphatic heterocycles. The summed E-state index contributed by atoms with van der Waals surface area (Å²) in [6, 6.07) is 7.36. The maximum atomic E-state index is 11.4. The van der Waals surface area contributed by atoms with E-state index in [1.807, 2.05) is 18.2 Å². The molecule has 1 unspecified atom stereocenters. The Hall–Kier alpha value is -1.40. The van der Waals surface area contributed by atoms with E-state index in [2.05, 4.69) is 4.74 Å². The number of esters is 1. The molecule has 96 valence electrons. The van der Waals surface area contributed by atoms with Crippen LogP contribution in [0.25, 0.3) is 10.1 Å². The van der Waals surface area contributed by atoms with Crippen molar-refractivity contribution in [2.24, 2.45) is 0 Å². The van der Waals surface area contributed by atoms with Crippen molar-refractivity contribution in [1.29, 1.82) is 4.78 Å². The minimum absolute atomic E-state index is 0.229. The van der Waals surface area contributed by atoms with Gasteiger partial charge in [-0.15, -0.1) is 11.3 Å². The van der Waals surface area contributed by atoms with Gasteiger partial charge in [0.1, 0.15) is 4.88 Å². The first-order valence-electron chi connectivity index (χ1n) is 5.21. The average molecular weight is 283 g/mol. The molecule has 0 saturated heterocycles. The highest BCUT2D eigenvalue weighted by molar-refractivity contribution is 7.90. The zero-order chi connectivity index (χ0) is 13.3. The highest BCUT2D eigenvalue weighted by Crippen LogP contribution is 2.27. The van der Waals surface area contributed by atoms with Gasteiger partial charge in [0, 0.05) is 20.7 Å². The number of hydrogen-bond donors (Lipinski definition) is 1. The Kier molecular flexibility index (Phi) is 3.41. The minimum Gasteiger partial charge on any atom is -0.465 e. The van der Waals surface area contributed by atoms with Gasteiger partial charge in [0.25, 0.3) is 0 Å². The van der Waals surface area contributed by atoms with Crippen molar-refractivity contribution < 1.29 is 13.7 Å². The van der Waals surface area contributed by atoms with Gasteiger partial charge >= 0.3 is 5.97 Å². The first-order valence-corrected chi connectivity index (χ1v) is 8.16. The molecule has 1 atom stereocenters. The van der Waals surface area contributed by atoms with Crippen LogP contribution < -0.4 is 0 Å². The Morgan fingerprint density at radius 2 is 2.17 bits per heavy atom. The van der Waals surface area contributed by atoms with Gasteiger partial charge in [-0.1, -0.05) is 6.07 Å². The summed E-state index contributed by atoms with van der Waals surface area (Å²) >= 11 is 1.36. The zero-order valence-electron chi connectivity index (χ0n) is 10.1. The number of ether oxygens (including phenoxy) is 1. The molecule has 0 saturated carbocycles. The molecule has 1 heterocycles. The summed E-state index contributed by atoms with van der Waals surface area (Å²) in [6.45, 7) is 0. The molecule has 1 N–H and O–H groups in total. The molecule has 0 aliphatic carbocycles. The van der Waals surface area contributed by atoms with Gasteiger partial charge in [-0.25, -0.2) is 9.00 Å². The molecule has 0 fully saturated rings. The number of thiophene rings is 1. The van der Waals surface area contributed by atoms with Crippen LogP contribution in [0.3, 0.4) is 0 Å². The molecule has 2 rings (SSSR count). The lowest BCUT2D eigenvalue weighted by molar-refractivity contribution is 0.0606. The topological polar surface area (TPSA) is 67.2 Å². The van der Waals surface area contributed by atoms with Crippen LogP contribution in [0.1, 0.15) is 15.2 Å². The Balaban J connectivity index is 2.42. The SMILES string of the molecule is COC(=O)c1cc2cc(CS(C)(=N)=O)ccc2s1. The van der Waals surface area contributed by atoms with E-state index in [-0.39, 0.29) is 11.7 Å². The molecule has 6 heteroatoms. The van der Waals surface area contributed by atoms with Crippen LogP contribution >= 0.6 is 11.3 Å². The number of carbonyl (C=O) groups excluding carboxylic acids is 1. The highest BCUT2D eigenvalue weighted by Gasteiger charge is 2.11. The molecule has 4 nitrogen and oxygen atoms in total. The maximum Gasteiger partial charge on any atom is 0.348 e. The largest absolute Gasteiger partial charge is 0.465 e. The first-order chi connectivity index (χ1) is 8.39. The van der Waals surface area contributed by atoms with Gasteiger partial charge in [0.05, 0.1) is 12.9 Å². The van der Waals surface area contributed by atoms with E-state index in [1.54, 1.807) is 6.07 Å². The van der Waals surface area contributed by atoms with Crippen molar-refractivity contribution in [3.63, 3.8) is 0 Å². The Labute approximate surface area is 110 Å². The quantitative estimate of drug-likeness (QED) is 0.881. The lowest BCUT2D eigenvalue weighted by Crippen LogP contribution is -1.98. The first kappa shape index (κ1) is 13.0. The molecule has 0 bridgehead atoms. The molecule has 18 heavy (non-hydrogen) atoms. The third-order valence-corrected chi connectivity index (χ3v) is 4.39. The average Bonchev–Trinajstić information content (AvgIpc) is 2.68. The van der Waals surface area contributed by atoms with Crippen LogP contribution in [-0.4, -0.2) is 23.5 Å². The van der Waals surface area contributed by atoms with Crippen LogP contribution in [0.4, 0.5) is 0 Å². The summed E-state index contributed by atoms with van der Waals surface area (Å²) in [5.74, 6) is -0.121. The molecule has 0 amide bonds. The number of hydrogen-bond acceptors (Lipinski definition) is 5. The van der Waals surface area contributed by atoms with E-state index in [1.165, 1.54) is 24.7 Å². The highest BCUT2D eigenvalue weighted by atomic mass is 32.2. The molecule has 0 radical (unpaired) electrons. The summed E-state index contributed by atoms with van der Waals surface area (Å²) < 4.78 is 24.5. The van der Waals surface area contributed by atoms with Crippen LogP contribution in [-0.2, 0) is 20.2 Å². The van der Waals surface area contributed by atoms with Crippen molar-refractivity contribution in [3.05, 3.63) is 34.7 Å². The molecule has 2 aromatic rings. The number of nitrogens with one attached hydrogen (secondary N) is 1. The maximum absolute atomic E-state index is 11.4. The summed E-state index contributed by atoms with van der Waals surface area (Å²) in [5, 5.41) is 0.918. The van der Waals surface area contributed by atoms with E-state index in [0.717, 1.165) is 15.6 Å². The van der Waals surface area contributed by atoms with Crippen molar-refractivity contribution in [2.75, 3.05) is 13.4 Å². The molecular weight excluding hydrogens is 270 g/mol.